The Labute approximate surface area is 103 Å². The molecule has 0 atom stereocenters. The van der Waals surface area contributed by atoms with Crippen LogP contribution in [0, 0.1) is 0 Å². The number of hydrogen-bond donors (Lipinski definition) is 1. The molecule has 0 spiro atoms. The highest BCUT2D eigenvalue weighted by atomic mass is 79.9. The molecule has 0 aliphatic carbocycles. The Morgan fingerprint density at radius 2 is 2.06 bits per heavy atom. The van der Waals surface area contributed by atoms with Crippen LogP contribution in [0.5, 0.6) is 0 Å². The second-order valence-electron chi connectivity index (χ2n) is 3.37. The molecule has 0 aromatic heterocycles. The van der Waals surface area contributed by atoms with Crippen LogP contribution in [-0.4, -0.2) is 34.0 Å². The summed E-state index contributed by atoms with van der Waals surface area (Å²) in [6.45, 7) is 0.110. The van der Waals surface area contributed by atoms with Crippen LogP contribution in [0.1, 0.15) is 10.4 Å². The van der Waals surface area contributed by atoms with Gasteiger partial charge in [-0.05, 0) is 25.2 Å². The Hall–Kier alpha value is -0.720. The van der Waals surface area contributed by atoms with Gasteiger partial charge in [-0.1, -0.05) is 15.9 Å². The molecule has 4 nitrogen and oxygen atoms in total. The molecule has 0 saturated heterocycles. The molecule has 1 aromatic rings. The number of halogens is 1. The first-order chi connectivity index (χ1) is 7.36. The van der Waals surface area contributed by atoms with Crippen LogP contribution in [0.4, 0.5) is 0 Å². The van der Waals surface area contributed by atoms with Crippen LogP contribution in [0.2, 0.25) is 0 Å². The predicted octanol–water partition coefficient (Wildman–Crippen LogP) is 1.25. The lowest BCUT2D eigenvalue weighted by atomic mass is 10.1. The van der Waals surface area contributed by atoms with E-state index in [4.69, 9.17) is 0 Å². The normalized spacial score (nSPS) is 11.4. The summed E-state index contributed by atoms with van der Waals surface area (Å²) in [5.74, 6) is -0.246. The molecule has 1 N–H and O–H groups in total. The van der Waals surface area contributed by atoms with Crippen molar-refractivity contribution in [3.63, 3.8) is 0 Å². The highest BCUT2D eigenvalue weighted by Gasteiger charge is 2.18. The quantitative estimate of drug-likeness (QED) is 0.851. The van der Waals surface area contributed by atoms with E-state index in [0.29, 0.717) is 4.47 Å². The molecule has 1 rings (SSSR count). The molecule has 0 aliphatic heterocycles. The fourth-order valence-corrected chi connectivity index (χ4v) is 2.55. The van der Waals surface area contributed by atoms with Gasteiger partial charge < -0.3 is 5.32 Å². The van der Waals surface area contributed by atoms with Crippen molar-refractivity contribution >= 4 is 31.6 Å². The minimum absolute atomic E-state index is 0.0657. The second-order valence-corrected chi connectivity index (χ2v) is 6.27. The standard InChI is InChI=1S/C10H12BrNO3S/c1-12-6-9(13)8-5-7(11)3-4-10(8)16(2,14)15/h3-5,12H,6H2,1-2H3. The van der Waals surface area contributed by atoms with Gasteiger partial charge in [0.1, 0.15) is 0 Å². The molecule has 0 radical (unpaired) electrons. The van der Waals surface area contributed by atoms with Crippen molar-refractivity contribution in [3.8, 4) is 0 Å². The molecule has 0 aliphatic rings. The van der Waals surface area contributed by atoms with Gasteiger partial charge in [0, 0.05) is 16.3 Å². The van der Waals surface area contributed by atoms with Crippen LogP contribution in [-0.2, 0) is 9.84 Å². The van der Waals surface area contributed by atoms with E-state index in [1.807, 2.05) is 0 Å². The Morgan fingerprint density at radius 3 is 2.56 bits per heavy atom. The van der Waals surface area contributed by atoms with Crippen LogP contribution < -0.4 is 5.32 Å². The van der Waals surface area contributed by atoms with E-state index in [1.165, 1.54) is 12.1 Å². The summed E-state index contributed by atoms with van der Waals surface area (Å²) in [6, 6.07) is 4.56. The summed E-state index contributed by atoms with van der Waals surface area (Å²) in [4.78, 5) is 11.8. The van der Waals surface area contributed by atoms with Crippen LogP contribution in [0.15, 0.2) is 27.6 Å². The first kappa shape index (κ1) is 13.3. The van der Waals surface area contributed by atoms with E-state index in [1.54, 1.807) is 13.1 Å². The number of ketones is 1. The van der Waals surface area contributed by atoms with Crippen LogP contribution >= 0.6 is 15.9 Å². The molecule has 88 valence electrons. The summed E-state index contributed by atoms with van der Waals surface area (Å²) in [5.41, 5.74) is 0.214. The Kier molecular flexibility index (Phi) is 4.23. The van der Waals surface area contributed by atoms with E-state index in [-0.39, 0.29) is 22.8 Å². The summed E-state index contributed by atoms with van der Waals surface area (Å²) >= 11 is 3.22. The fraction of sp³-hybridized carbons (Fsp3) is 0.300. The molecular weight excluding hydrogens is 294 g/mol. The summed E-state index contributed by atoms with van der Waals surface area (Å²) in [7, 11) is -1.75. The molecule has 6 heteroatoms. The highest BCUT2D eigenvalue weighted by molar-refractivity contribution is 9.10. The molecular formula is C10H12BrNO3S. The number of carbonyl (C=O) groups excluding carboxylic acids is 1. The summed E-state index contributed by atoms with van der Waals surface area (Å²) < 4.78 is 23.7. The van der Waals surface area contributed by atoms with Crippen molar-refractivity contribution in [2.45, 2.75) is 4.90 Å². The average molecular weight is 306 g/mol. The van der Waals surface area contributed by atoms with E-state index < -0.39 is 9.84 Å². The smallest absolute Gasteiger partial charge is 0.177 e. The van der Waals surface area contributed by atoms with E-state index >= 15 is 0 Å². The molecule has 0 amide bonds. The predicted molar refractivity (Wildman–Crippen MR) is 65.5 cm³/mol. The minimum atomic E-state index is -3.38. The monoisotopic (exact) mass is 305 g/mol. The van der Waals surface area contributed by atoms with Crippen LogP contribution in [0.25, 0.3) is 0 Å². The number of rotatable bonds is 4. The van der Waals surface area contributed by atoms with E-state index in [2.05, 4.69) is 21.2 Å². The number of hydrogen-bond acceptors (Lipinski definition) is 4. The highest BCUT2D eigenvalue weighted by Crippen LogP contribution is 2.21. The number of benzene rings is 1. The zero-order chi connectivity index (χ0) is 12.3. The average Bonchev–Trinajstić information content (AvgIpc) is 2.16. The lowest BCUT2D eigenvalue weighted by Gasteiger charge is -2.07. The fourth-order valence-electron chi connectivity index (χ4n) is 1.30. The minimum Gasteiger partial charge on any atom is -0.313 e. The third-order valence-electron chi connectivity index (χ3n) is 1.98. The molecule has 0 heterocycles. The number of likely N-dealkylation sites (N-methyl/N-ethyl adjacent to an activating group) is 1. The van der Waals surface area contributed by atoms with Crippen molar-refractivity contribution in [1.29, 1.82) is 0 Å². The van der Waals surface area contributed by atoms with Gasteiger partial charge in [-0.2, -0.15) is 0 Å². The van der Waals surface area contributed by atoms with Gasteiger partial charge in [0.05, 0.1) is 11.4 Å². The molecule has 0 fully saturated rings. The van der Waals surface area contributed by atoms with Crippen molar-refractivity contribution in [2.75, 3.05) is 19.8 Å². The Morgan fingerprint density at radius 1 is 1.44 bits per heavy atom. The summed E-state index contributed by atoms with van der Waals surface area (Å²) in [5, 5.41) is 2.70. The van der Waals surface area contributed by atoms with Crippen molar-refractivity contribution in [1.82, 2.24) is 5.32 Å². The lowest BCUT2D eigenvalue weighted by Crippen LogP contribution is -2.20. The number of carbonyl (C=O) groups is 1. The molecule has 16 heavy (non-hydrogen) atoms. The maximum absolute atomic E-state index is 11.7. The number of nitrogens with one attached hydrogen (secondary N) is 1. The van der Waals surface area contributed by atoms with Gasteiger partial charge in [0.25, 0.3) is 0 Å². The SMILES string of the molecule is CNCC(=O)c1cc(Br)ccc1S(C)(=O)=O. The van der Waals surface area contributed by atoms with Crippen molar-refractivity contribution < 1.29 is 13.2 Å². The van der Waals surface area contributed by atoms with Gasteiger partial charge in [-0.25, -0.2) is 8.42 Å². The third-order valence-corrected chi connectivity index (χ3v) is 3.63. The van der Waals surface area contributed by atoms with E-state index in [9.17, 15) is 13.2 Å². The van der Waals surface area contributed by atoms with Crippen molar-refractivity contribution in [2.24, 2.45) is 0 Å². The summed E-state index contributed by atoms with van der Waals surface area (Å²) in [6.07, 6.45) is 1.09. The molecule has 0 unspecified atom stereocenters. The first-order valence-electron chi connectivity index (χ1n) is 4.53. The number of sulfone groups is 1. The van der Waals surface area contributed by atoms with Gasteiger partial charge in [0.2, 0.25) is 0 Å². The zero-order valence-corrected chi connectivity index (χ0v) is 11.4. The second kappa shape index (κ2) is 5.07. The topological polar surface area (TPSA) is 63.2 Å². The van der Waals surface area contributed by atoms with Gasteiger partial charge in [0.15, 0.2) is 15.6 Å². The van der Waals surface area contributed by atoms with Gasteiger partial charge in [-0.3, -0.25) is 4.79 Å². The number of Topliss-reactive ketones (excluding diaryl/α,β-unsaturated/α-hetero) is 1. The van der Waals surface area contributed by atoms with Crippen LogP contribution in [0.3, 0.4) is 0 Å². The molecule has 0 saturated carbocycles. The Bertz CT molecular complexity index is 511. The first-order valence-corrected chi connectivity index (χ1v) is 7.22. The van der Waals surface area contributed by atoms with E-state index in [0.717, 1.165) is 6.26 Å². The molecule has 1 aromatic carbocycles. The zero-order valence-electron chi connectivity index (χ0n) is 8.95. The lowest BCUT2D eigenvalue weighted by molar-refractivity contribution is 0.0990. The largest absolute Gasteiger partial charge is 0.313 e. The maximum atomic E-state index is 11.7. The maximum Gasteiger partial charge on any atom is 0.177 e. The van der Waals surface area contributed by atoms with Crippen molar-refractivity contribution in [3.05, 3.63) is 28.2 Å². The third kappa shape index (κ3) is 3.13. The van der Waals surface area contributed by atoms with Gasteiger partial charge in [-0.15, -0.1) is 0 Å². The molecule has 0 bridgehead atoms. The Balaban J connectivity index is 3.35. The van der Waals surface area contributed by atoms with Gasteiger partial charge >= 0.3 is 0 Å².